The van der Waals surface area contributed by atoms with E-state index in [-0.39, 0.29) is 0 Å². The molecular weight excluding hydrogens is 246 g/mol. The number of nitrogen functional groups attached to an aromatic ring is 1. The van der Waals surface area contributed by atoms with Crippen molar-refractivity contribution in [1.82, 2.24) is 19.5 Å². The van der Waals surface area contributed by atoms with Crippen LogP contribution in [0.15, 0.2) is 24.5 Å². The van der Waals surface area contributed by atoms with Crippen molar-refractivity contribution in [1.29, 1.82) is 0 Å². The van der Waals surface area contributed by atoms with Gasteiger partial charge in [-0.15, -0.1) is 0 Å². The van der Waals surface area contributed by atoms with E-state index in [0.717, 1.165) is 12.8 Å². The van der Waals surface area contributed by atoms with Crippen LogP contribution in [-0.4, -0.2) is 37.2 Å². The first kappa shape index (κ1) is 11.5. The second kappa shape index (κ2) is 4.27. The van der Waals surface area contributed by atoms with Gasteiger partial charge in [-0.2, -0.15) is 5.10 Å². The van der Waals surface area contributed by atoms with Crippen molar-refractivity contribution in [2.45, 2.75) is 12.8 Å². The Morgan fingerprint density at radius 2 is 2.26 bits per heavy atom. The fourth-order valence-corrected chi connectivity index (χ4v) is 2.31. The number of allylic oxidation sites excluding steroid dienone is 1. The van der Waals surface area contributed by atoms with Crippen molar-refractivity contribution in [2.24, 2.45) is 0 Å². The third kappa shape index (κ3) is 1.79. The van der Waals surface area contributed by atoms with Crippen molar-refractivity contribution in [2.75, 3.05) is 12.3 Å². The summed E-state index contributed by atoms with van der Waals surface area (Å²) in [7, 11) is 0. The number of rotatable bonds is 1. The molecule has 98 valence electrons. The highest BCUT2D eigenvalue weighted by Crippen LogP contribution is 2.27. The maximum atomic E-state index is 11.3. The average molecular weight is 259 g/mol. The van der Waals surface area contributed by atoms with Gasteiger partial charge in [-0.25, -0.2) is 14.3 Å². The van der Waals surface area contributed by atoms with Crippen molar-refractivity contribution >= 4 is 23.1 Å². The number of hydrogen-bond donors (Lipinski definition) is 2. The highest BCUT2D eigenvalue weighted by atomic mass is 16.4. The van der Waals surface area contributed by atoms with Crippen LogP contribution in [0, 0.1) is 0 Å². The molecule has 0 saturated heterocycles. The lowest BCUT2D eigenvalue weighted by Crippen LogP contribution is -2.31. The summed E-state index contributed by atoms with van der Waals surface area (Å²) in [6.07, 6.45) is 4.00. The first-order valence-corrected chi connectivity index (χ1v) is 5.97. The molecule has 2 aromatic rings. The Labute approximate surface area is 109 Å². The predicted octanol–water partition coefficient (Wildman–Crippen LogP) is 1.43. The fourth-order valence-electron chi connectivity index (χ4n) is 2.31. The summed E-state index contributed by atoms with van der Waals surface area (Å²) in [6, 6.07) is 3.60. The zero-order chi connectivity index (χ0) is 13.4. The molecule has 7 nitrogen and oxygen atoms in total. The van der Waals surface area contributed by atoms with E-state index in [9.17, 15) is 9.90 Å². The Morgan fingerprint density at radius 3 is 3.05 bits per heavy atom. The summed E-state index contributed by atoms with van der Waals surface area (Å²) in [4.78, 5) is 16.5. The molecule has 3 rings (SSSR count). The molecule has 3 N–H and O–H groups in total. The Bertz CT molecular complexity index is 676. The van der Waals surface area contributed by atoms with Crippen LogP contribution in [0.1, 0.15) is 18.5 Å². The Morgan fingerprint density at radius 1 is 1.42 bits per heavy atom. The third-order valence-corrected chi connectivity index (χ3v) is 3.19. The number of anilines is 1. The summed E-state index contributed by atoms with van der Waals surface area (Å²) < 4.78 is 1.62. The highest BCUT2D eigenvalue weighted by Gasteiger charge is 2.23. The number of nitrogens with two attached hydrogens (primary N) is 1. The van der Waals surface area contributed by atoms with E-state index in [1.165, 1.54) is 11.2 Å². The Balaban J connectivity index is 2.16. The molecule has 0 spiro atoms. The number of nitrogens with zero attached hydrogens (tertiary/aromatic N) is 4. The molecule has 0 fully saturated rings. The number of hydrogen-bond acceptors (Lipinski definition) is 4. The van der Waals surface area contributed by atoms with E-state index in [2.05, 4.69) is 10.1 Å². The minimum Gasteiger partial charge on any atom is -0.465 e. The molecule has 0 aliphatic carbocycles. The van der Waals surface area contributed by atoms with E-state index in [4.69, 9.17) is 5.73 Å². The average Bonchev–Trinajstić information content (AvgIpc) is 2.84. The van der Waals surface area contributed by atoms with Crippen LogP contribution in [0.5, 0.6) is 0 Å². The van der Waals surface area contributed by atoms with E-state index >= 15 is 0 Å². The molecule has 7 heteroatoms. The quantitative estimate of drug-likeness (QED) is 0.807. The molecule has 2 aromatic heterocycles. The molecule has 0 bridgehead atoms. The largest absolute Gasteiger partial charge is 0.465 e. The van der Waals surface area contributed by atoms with Gasteiger partial charge in [0.2, 0.25) is 0 Å². The summed E-state index contributed by atoms with van der Waals surface area (Å²) in [6.45, 7) is 0.495. The van der Waals surface area contributed by atoms with Crippen LogP contribution in [0.25, 0.3) is 11.2 Å². The number of carboxylic acid groups (broad SMARTS) is 1. The van der Waals surface area contributed by atoms with Crippen LogP contribution in [0.3, 0.4) is 0 Å². The molecule has 1 amide bonds. The van der Waals surface area contributed by atoms with E-state index in [1.807, 2.05) is 12.1 Å². The topological polar surface area (TPSA) is 96.8 Å². The number of fused-ring (bicyclic) bond motifs is 1. The lowest BCUT2D eigenvalue weighted by molar-refractivity contribution is 0.164. The molecule has 0 atom stereocenters. The van der Waals surface area contributed by atoms with Crippen molar-refractivity contribution in [3.63, 3.8) is 0 Å². The van der Waals surface area contributed by atoms with Crippen molar-refractivity contribution in [3.8, 4) is 0 Å². The Kier molecular flexibility index (Phi) is 2.59. The van der Waals surface area contributed by atoms with Gasteiger partial charge >= 0.3 is 6.09 Å². The standard InChI is InChI=1S/C12H13N5O2/c13-11-10-5-4-9(17(10)15-7-14-11)8-3-1-2-6-16(8)12(18)19/h3-5,7H,1-2,6H2,(H,18,19)(H2,13,14,15). The summed E-state index contributed by atoms with van der Waals surface area (Å²) in [5, 5.41) is 13.4. The molecule has 0 unspecified atom stereocenters. The monoisotopic (exact) mass is 259 g/mol. The van der Waals surface area contributed by atoms with Crippen molar-refractivity contribution < 1.29 is 9.90 Å². The van der Waals surface area contributed by atoms with Gasteiger partial charge in [-0.1, -0.05) is 6.08 Å². The van der Waals surface area contributed by atoms with Crippen LogP contribution >= 0.6 is 0 Å². The van der Waals surface area contributed by atoms with Gasteiger partial charge in [0, 0.05) is 6.54 Å². The van der Waals surface area contributed by atoms with E-state index in [1.54, 1.807) is 10.6 Å². The predicted molar refractivity (Wildman–Crippen MR) is 69.3 cm³/mol. The summed E-state index contributed by atoms with van der Waals surface area (Å²) in [5.41, 5.74) is 7.81. The minimum absolute atomic E-state index is 0.375. The zero-order valence-electron chi connectivity index (χ0n) is 10.2. The van der Waals surface area contributed by atoms with Gasteiger partial charge in [0.15, 0.2) is 5.82 Å². The minimum atomic E-state index is -0.956. The lowest BCUT2D eigenvalue weighted by Gasteiger charge is -2.25. The normalized spacial score (nSPS) is 15.6. The first-order valence-electron chi connectivity index (χ1n) is 5.97. The van der Waals surface area contributed by atoms with Gasteiger partial charge in [-0.3, -0.25) is 4.90 Å². The van der Waals surface area contributed by atoms with Crippen LogP contribution < -0.4 is 5.73 Å². The number of carbonyl (C=O) groups is 1. The molecule has 1 aliphatic heterocycles. The van der Waals surface area contributed by atoms with Crippen LogP contribution in [0.4, 0.5) is 10.6 Å². The van der Waals surface area contributed by atoms with Crippen LogP contribution in [0.2, 0.25) is 0 Å². The molecule has 0 aromatic carbocycles. The maximum Gasteiger partial charge on any atom is 0.411 e. The second-order valence-electron chi connectivity index (χ2n) is 4.33. The highest BCUT2D eigenvalue weighted by molar-refractivity contribution is 5.82. The van der Waals surface area contributed by atoms with Gasteiger partial charge in [0.05, 0.1) is 11.4 Å². The third-order valence-electron chi connectivity index (χ3n) is 3.19. The zero-order valence-corrected chi connectivity index (χ0v) is 10.2. The number of amides is 1. The lowest BCUT2D eigenvalue weighted by atomic mass is 10.1. The number of aromatic nitrogens is 3. The van der Waals surface area contributed by atoms with E-state index < -0.39 is 6.09 Å². The van der Waals surface area contributed by atoms with Gasteiger partial charge in [0.25, 0.3) is 0 Å². The van der Waals surface area contributed by atoms with Crippen LogP contribution in [-0.2, 0) is 0 Å². The first-order chi connectivity index (χ1) is 9.18. The van der Waals surface area contributed by atoms with Gasteiger partial charge < -0.3 is 10.8 Å². The Hall–Kier alpha value is -2.57. The smallest absolute Gasteiger partial charge is 0.411 e. The fraction of sp³-hybridized carbons (Fsp3) is 0.250. The summed E-state index contributed by atoms with van der Waals surface area (Å²) >= 11 is 0. The molecule has 0 radical (unpaired) electrons. The van der Waals surface area contributed by atoms with Crippen molar-refractivity contribution in [3.05, 3.63) is 30.2 Å². The molecule has 19 heavy (non-hydrogen) atoms. The molecule has 1 aliphatic rings. The SMILES string of the molecule is Nc1ncnn2c(C3=CCCCN3C(=O)O)ccc12. The maximum absolute atomic E-state index is 11.3. The second-order valence-corrected chi connectivity index (χ2v) is 4.33. The van der Waals surface area contributed by atoms with Gasteiger partial charge in [0.1, 0.15) is 11.8 Å². The van der Waals surface area contributed by atoms with Gasteiger partial charge in [-0.05, 0) is 25.0 Å². The summed E-state index contributed by atoms with van der Waals surface area (Å²) in [5.74, 6) is 0.375. The molecular formula is C12H13N5O2. The molecule has 0 saturated carbocycles. The van der Waals surface area contributed by atoms with E-state index in [0.29, 0.717) is 29.3 Å². The molecule has 3 heterocycles.